The molecule has 3 heterocycles. The normalized spacial score (nSPS) is 10.5. The van der Waals surface area contributed by atoms with Crippen LogP contribution in [0.2, 0.25) is 0 Å². The van der Waals surface area contributed by atoms with Gasteiger partial charge in [-0.1, -0.05) is 12.6 Å². The SMILES string of the molecule is C=CNC(=O)c1nnc(-n2cccn2)cc1Nc1cccc(-c2ncn(C)n2)c1OC. The van der Waals surface area contributed by atoms with Crippen molar-refractivity contribution in [3.8, 4) is 23.0 Å². The summed E-state index contributed by atoms with van der Waals surface area (Å²) in [5.41, 5.74) is 1.78. The number of para-hydroxylation sites is 1. The lowest BCUT2D eigenvalue weighted by Crippen LogP contribution is -2.21. The summed E-state index contributed by atoms with van der Waals surface area (Å²) in [6.45, 7) is 3.52. The molecule has 0 radical (unpaired) electrons. The molecule has 0 aliphatic rings. The molecule has 31 heavy (non-hydrogen) atoms. The summed E-state index contributed by atoms with van der Waals surface area (Å²) in [6, 6.07) is 8.94. The molecule has 2 N–H and O–H groups in total. The second-order valence-electron chi connectivity index (χ2n) is 6.35. The van der Waals surface area contributed by atoms with E-state index >= 15 is 0 Å². The lowest BCUT2D eigenvalue weighted by molar-refractivity contribution is 0.0965. The molecule has 0 saturated heterocycles. The highest BCUT2D eigenvalue weighted by Gasteiger charge is 2.19. The van der Waals surface area contributed by atoms with Crippen LogP contribution in [0.25, 0.3) is 17.2 Å². The Hall–Kier alpha value is -4.54. The van der Waals surface area contributed by atoms with Crippen molar-refractivity contribution in [3.05, 3.63) is 67.5 Å². The molecular formula is C20H19N9O2. The quantitative estimate of drug-likeness (QED) is 0.468. The van der Waals surface area contributed by atoms with E-state index in [1.807, 2.05) is 18.2 Å². The number of benzene rings is 1. The Morgan fingerprint density at radius 3 is 2.77 bits per heavy atom. The van der Waals surface area contributed by atoms with Crippen LogP contribution in [0.1, 0.15) is 10.5 Å². The first-order chi connectivity index (χ1) is 15.1. The van der Waals surface area contributed by atoms with Gasteiger partial charge in [0.05, 0.1) is 24.0 Å². The molecule has 4 rings (SSSR count). The molecule has 0 saturated carbocycles. The number of nitrogens with one attached hydrogen (secondary N) is 2. The second kappa shape index (κ2) is 8.45. The molecule has 0 spiro atoms. The smallest absolute Gasteiger partial charge is 0.277 e. The number of carbonyl (C=O) groups excluding carboxylic acids is 1. The Labute approximate surface area is 177 Å². The van der Waals surface area contributed by atoms with Crippen LogP contribution in [0.5, 0.6) is 5.75 Å². The summed E-state index contributed by atoms with van der Waals surface area (Å²) in [6.07, 6.45) is 6.24. The topological polar surface area (TPSA) is 125 Å². The number of aryl methyl sites for hydroxylation is 1. The van der Waals surface area contributed by atoms with Gasteiger partial charge in [0.1, 0.15) is 6.33 Å². The van der Waals surface area contributed by atoms with Gasteiger partial charge < -0.3 is 15.4 Å². The summed E-state index contributed by atoms with van der Waals surface area (Å²) in [5, 5.41) is 22.4. The summed E-state index contributed by atoms with van der Waals surface area (Å²) in [4.78, 5) is 16.8. The molecule has 1 aromatic carbocycles. The molecular weight excluding hydrogens is 398 g/mol. The van der Waals surface area contributed by atoms with Gasteiger partial charge in [-0.25, -0.2) is 9.67 Å². The zero-order valence-corrected chi connectivity index (χ0v) is 16.9. The first-order valence-corrected chi connectivity index (χ1v) is 9.20. The number of aromatic nitrogens is 7. The monoisotopic (exact) mass is 417 g/mol. The summed E-state index contributed by atoms with van der Waals surface area (Å²) < 4.78 is 8.79. The van der Waals surface area contributed by atoms with Crippen LogP contribution in [0, 0.1) is 0 Å². The molecule has 4 aromatic rings. The van der Waals surface area contributed by atoms with Gasteiger partial charge in [0.15, 0.2) is 23.1 Å². The number of hydrogen-bond acceptors (Lipinski definition) is 8. The Balaban J connectivity index is 1.80. The molecule has 0 fully saturated rings. The van der Waals surface area contributed by atoms with E-state index in [1.165, 1.54) is 6.20 Å². The van der Waals surface area contributed by atoms with Crippen LogP contribution in [-0.2, 0) is 7.05 Å². The van der Waals surface area contributed by atoms with Crippen molar-refractivity contribution in [3.63, 3.8) is 0 Å². The number of ether oxygens (including phenoxy) is 1. The van der Waals surface area contributed by atoms with Crippen molar-refractivity contribution >= 4 is 17.3 Å². The van der Waals surface area contributed by atoms with Crippen LogP contribution < -0.4 is 15.4 Å². The van der Waals surface area contributed by atoms with Gasteiger partial charge in [-0.15, -0.1) is 10.2 Å². The second-order valence-corrected chi connectivity index (χ2v) is 6.35. The number of hydrogen-bond donors (Lipinski definition) is 2. The van der Waals surface area contributed by atoms with Gasteiger partial charge in [-0.2, -0.15) is 10.2 Å². The lowest BCUT2D eigenvalue weighted by Gasteiger charge is -2.16. The fourth-order valence-electron chi connectivity index (χ4n) is 2.96. The zero-order valence-electron chi connectivity index (χ0n) is 16.9. The minimum absolute atomic E-state index is 0.0826. The van der Waals surface area contributed by atoms with Gasteiger partial charge in [0, 0.05) is 25.5 Å². The van der Waals surface area contributed by atoms with Crippen LogP contribution in [0.4, 0.5) is 11.4 Å². The summed E-state index contributed by atoms with van der Waals surface area (Å²) >= 11 is 0. The van der Waals surface area contributed by atoms with E-state index in [2.05, 4.69) is 42.6 Å². The fourth-order valence-corrected chi connectivity index (χ4v) is 2.96. The molecule has 156 valence electrons. The van der Waals surface area contributed by atoms with E-state index in [0.717, 1.165) is 0 Å². The highest BCUT2D eigenvalue weighted by Crippen LogP contribution is 2.36. The van der Waals surface area contributed by atoms with Crippen molar-refractivity contribution < 1.29 is 9.53 Å². The van der Waals surface area contributed by atoms with Crippen molar-refractivity contribution in [2.45, 2.75) is 0 Å². The standard InChI is InChI=1S/C20H19N9O2/c1-4-21-20(30)17-15(11-16(25-26-17)29-10-6-9-23-29)24-14-8-5-7-13(18(14)31-3)19-22-12-28(2)27-19/h4-12H,1H2,2-3H3,(H,21,30)(H,24,25). The van der Waals surface area contributed by atoms with Crippen LogP contribution >= 0.6 is 0 Å². The summed E-state index contributed by atoms with van der Waals surface area (Å²) in [5.74, 6) is 1.00. The molecule has 0 bridgehead atoms. The van der Waals surface area contributed by atoms with Gasteiger partial charge in [-0.05, 0) is 24.4 Å². The van der Waals surface area contributed by atoms with E-state index in [9.17, 15) is 4.79 Å². The van der Waals surface area contributed by atoms with Crippen LogP contribution in [0.3, 0.4) is 0 Å². The number of nitrogens with zero attached hydrogens (tertiary/aromatic N) is 7. The molecule has 0 aliphatic heterocycles. The largest absolute Gasteiger partial charge is 0.494 e. The lowest BCUT2D eigenvalue weighted by atomic mass is 10.1. The van der Waals surface area contributed by atoms with E-state index in [4.69, 9.17) is 4.74 Å². The van der Waals surface area contributed by atoms with Crippen molar-refractivity contribution in [2.24, 2.45) is 7.05 Å². The number of amides is 1. The van der Waals surface area contributed by atoms with Crippen molar-refractivity contribution in [1.82, 2.24) is 40.1 Å². The average molecular weight is 417 g/mol. The Bertz CT molecular complexity index is 1230. The predicted molar refractivity (Wildman–Crippen MR) is 113 cm³/mol. The molecule has 11 heteroatoms. The maximum Gasteiger partial charge on any atom is 0.277 e. The predicted octanol–water partition coefficient (Wildman–Crippen LogP) is 2.08. The number of methoxy groups -OCH3 is 1. The molecule has 0 atom stereocenters. The fraction of sp³-hybridized carbons (Fsp3) is 0.100. The minimum Gasteiger partial charge on any atom is -0.494 e. The van der Waals surface area contributed by atoms with Gasteiger partial charge in [0.2, 0.25) is 0 Å². The van der Waals surface area contributed by atoms with E-state index in [-0.39, 0.29) is 5.69 Å². The van der Waals surface area contributed by atoms with Gasteiger partial charge in [0.25, 0.3) is 5.91 Å². The Morgan fingerprint density at radius 2 is 2.10 bits per heavy atom. The van der Waals surface area contributed by atoms with Crippen molar-refractivity contribution in [1.29, 1.82) is 0 Å². The van der Waals surface area contributed by atoms with Crippen LogP contribution in [0.15, 0.2) is 61.8 Å². The highest BCUT2D eigenvalue weighted by atomic mass is 16.5. The molecule has 3 aromatic heterocycles. The maximum absolute atomic E-state index is 12.5. The highest BCUT2D eigenvalue weighted by molar-refractivity contribution is 5.99. The number of anilines is 2. The van der Waals surface area contributed by atoms with E-state index in [0.29, 0.717) is 34.3 Å². The first-order valence-electron chi connectivity index (χ1n) is 9.20. The average Bonchev–Trinajstić information content (AvgIpc) is 3.46. The Morgan fingerprint density at radius 1 is 1.23 bits per heavy atom. The van der Waals surface area contributed by atoms with E-state index < -0.39 is 5.91 Å². The number of carbonyl (C=O) groups is 1. The number of rotatable bonds is 7. The van der Waals surface area contributed by atoms with Gasteiger partial charge in [-0.3, -0.25) is 9.48 Å². The Kier molecular flexibility index (Phi) is 5.39. The molecule has 0 aliphatic carbocycles. The minimum atomic E-state index is -0.460. The summed E-state index contributed by atoms with van der Waals surface area (Å²) in [7, 11) is 3.34. The third-order valence-corrected chi connectivity index (χ3v) is 4.30. The van der Waals surface area contributed by atoms with E-state index in [1.54, 1.807) is 54.4 Å². The maximum atomic E-state index is 12.5. The van der Waals surface area contributed by atoms with Crippen LogP contribution in [-0.4, -0.2) is 47.8 Å². The third kappa shape index (κ3) is 3.96. The van der Waals surface area contributed by atoms with Gasteiger partial charge >= 0.3 is 0 Å². The third-order valence-electron chi connectivity index (χ3n) is 4.30. The van der Waals surface area contributed by atoms with Crippen molar-refractivity contribution in [2.75, 3.05) is 12.4 Å². The first kappa shape index (κ1) is 19.8. The zero-order chi connectivity index (χ0) is 21.8. The molecule has 11 nitrogen and oxygen atoms in total. The molecule has 0 unspecified atom stereocenters. The molecule has 1 amide bonds.